The molecule has 0 saturated carbocycles. The molecule has 0 spiro atoms. The lowest BCUT2D eigenvalue weighted by Crippen LogP contribution is -2.05. The highest BCUT2D eigenvalue weighted by Gasteiger charge is 2.23. The number of cyclic esters (lactones) is 1. The molecule has 0 saturated heterocycles. The fourth-order valence-electron chi connectivity index (χ4n) is 2.90. The number of ether oxygens (including phenoxy) is 2. The van der Waals surface area contributed by atoms with Crippen molar-refractivity contribution in [3.05, 3.63) is 107 Å². The first kappa shape index (κ1) is 17.7. The van der Waals surface area contributed by atoms with Gasteiger partial charge < -0.3 is 9.47 Å². The average Bonchev–Trinajstić information content (AvgIpc) is 3.10. The lowest BCUT2D eigenvalue weighted by atomic mass is 10.1. The number of benzene rings is 3. The minimum absolute atomic E-state index is 0.278. The van der Waals surface area contributed by atoms with Crippen molar-refractivity contribution in [3.63, 3.8) is 0 Å². The van der Waals surface area contributed by atoms with E-state index in [1.165, 1.54) is 5.56 Å². The van der Waals surface area contributed by atoms with Crippen molar-refractivity contribution in [1.82, 2.24) is 0 Å². The van der Waals surface area contributed by atoms with Crippen molar-refractivity contribution in [2.24, 2.45) is 4.99 Å². The lowest BCUT2D eigenvalue weighted by Gasteiger charge is -2.07. The number of aliphatic imine (C=N–C) groups is 1. The van der Waals surface area contributed by atoms with Gasteiger partial charge in [0, 0.05) is 12.0 Å². The second-order valence-electron chi connectivity index (χ2n) is 6.36. The van der Waals surface area contributed by atoms with E-state index in [0.717, 1.165) is 23.3 Å². The molecule has 0 amide bonds. The standard InChI is InChI=1S/C24H19NO3/c26-24-22(25-23(28-24)20-11-5-2-6-12-20)17-19-10-7-13-21(16-19)27-15-14-18-8-3-1-4-9-18/h1-13,16-17H,14-15H2/b22-17-. The molecule has 0 aromatic heterocycles. The summed E-state index contributed by atoms with van der Waals surface area (Å²) in [6.07, 6.45) is 2.55. The Balaban J connectivity index is 1.45. The Morgan fingerprint density at radius 1 is 0.893 bits per heavy atom. The summed E-state index contributed by atoms with van der Waals surface area (Å²) in [7, 11) is 0. The maximum absolute atomic E-state index is 12.1. The summed E-state index contributed by atoms with van der Waals surface area (Å²) in [5, 5.41) is 0. The summed E-state index contributed by atoms with van der Waals surface area (Å²) in [5.41, 5.74) is 3.12. The Labute approximate surface area is 163 Å². The molecule has 0 unspecified atom stereocenters. The average molecular weight is 369 g/mol. The summed E-state index contributed by atoms with van der Waals surface area (Å²) < 4.78 is 11.1. The molecule has 138 valence electrons. The van der Waals surface area contributed by atoms with E-state index in [2.05, 4.69) is 17.1 Å². The molecule has 0 aliphatic carbocycles. The van der Waals surface area contributed by atoms with Crippen LogP contribution in [-0.2, 0) is 16.0 Å². The molecule has 1 heterocycles. The van der Waals surface area contributed by atoms with Gasteiger partial charge in [0.2, 0.25) is 5.90 Å². The van der Waals surface area contributed by atoms with Crippen LogP contribution in [-0.4, -0.2) is 18.5 Å². The SMILES string of the molecule is O=C1OC(c2ccccc2)=N/C1=C\c1cccc(OCCc2ccccc2)c1. The molecule has 4 nitrogen and oxygen atoms in total. The molecular weight excluding hydrogens is 350 g/mol. The van der Waals surface area contributed by atoms with Crippen LogP contribution in [0.15, 0.2) is 95.6 Å². The van der Waals surface area contributed by atoms with E-state index < -0.39 is 5.97 Å². The molecule has 0 atom stereocenters. The maximum atomic E-state index is 12.1. The van der Waals surface area contributed by atoms with Gasteiger partial charge in [-0.05, 0) is 41.5 Å². The van der Waals surface area contributed by atoms with Crippen LogP contribution in [0.3, 0.4) is 0 Å². The van der Waals surface area contributed by atoms with Crippen molar-refractivity contribution in [2.75, 3.05) is 6.61 Å². The highest BCUT2D eigenvalue weighted by molar-refractivity contribution is 6.12. The molecule has 4 rings (SSSR count). The van der Waals surface area contributed by atoms with Gasteiger partial charge in [-0.2, -0.15) is 0 Å². The predicted octanol–water partition coefficient (Wildman–Crippen LogP) is 4.65. The van der Waals surface area contributed by atoms with Gasteiger partial charge in [0.25, 0.3) is 0 Å². The lowest BCUT2D eigenvalue weighted by molar-refractivity contribution is -0.129. The largest absolute Gasteiger partial charge is 0.493 e. The Morgan fingerprint density at radius 3 is 2.43 bits per heavy atom. The molecule has 28 heavy (non-hydrogen) atoms. The monoisotopic (exact) mass is 369 g/mol. The Hall–Kier alpha value is -3.66. The number of nitrogens with zero attached hydrogens (tertiary/aromatic N) is 1. The molecule has 0 fully saturated rings. The van der Waals surface area contributed by atoms with Crippen molar-refractivity contribution in [2.45, 2.75) is 6.42 Å². The third-order valence-electron chi connectivity index (χ3n) is 4.31. The first-order chi connectivity index (χ1) is 13.8. The van der Waals surface area contributed by atoms with Gasteiger partial charge >= 0.3 is 5.97 Å². The van der Waals surface area contributed by atoms with Crippen LogP contribution in [0, 0.1) is 0 Å². The topological polar surface area (TPSA) is 47.9 Å². The minimum atomic E-state index is -0.450. The van der Waals surface area contributed by atoms with Gasteiger partial charge in [-0.3, -0.25) is 0 Å². The van der Waals surface area contributed by atoms with E-state index in [-0.39, 0.29) is 5.70 Å². The quantitative estimate of drug-likeness (QED) is 0.469. The summed E-state index contributed by atoms with van der Waals surface area (Å²) >= 11 is 0. The summed E-state index contributed by atoms with van der Waals surface area (Å²) in [6.45, 7) is 0.586. The molecule has 0 radical (unpaired) electrons. The number of hydrogen-bond donors (Lipinski definition) is 0. The van der Waals surface area contributed by atoms with E-state index in [1.807, 2.05) is 72.8 Å². The first-order valence-corrected chi connectivity index (χ1v) is 9.13. The van der Waals surface area contributed by atoms with E-state index in [4.69, 9.17) is 9.47 Å². The third kappa shape index (κ3) is 4.35. The second-order valence-corrected chi connectivity index (χ2v) is 6.36. The van der Waals surface area contributed by atoms with Crippen LogP contribution in [0.4, 0.5) is 0 Å². The van der Waals surface area contributed by atoms with Crippen LogP contribution in [0.5, 0.6) is 5.75 Å². The fraction of sp³-hybridized carbons (Fsp3) is 0.0833. The van der Waals surface area contributed by atoms with E-state index in [9.17, 15) is 4.79 Å². The van der Waals surface area contributed by atoms with Gasteiger partial charge in [-0.15, -0.1) is 0 Å². The van der Waals surface area contributed by atoms with E-state index in [1.54, 1.807) is 6.08 Å². The second kappa shape index (κ2) is 8.35. The van der Waals surface area contributed by atoms with Crippen LogP contribution >= 0.6 is 0 Å². The molecule has 1 aliphatic rings. The first-order valence-electron chi connectivity index (χ1n) is 9.13. The summed E-state index contributed by atoms with van der Waals surface area (Å²) in [5.74, 6) is 0.630. The molecule has 0 bridgehead atoms. The van der Waals surface area contributed by atoms with Crippen LogP contribution < -0.4 is 4.74 Å². The van der Waals surface area contributed by atoms with Crippen molar-refractivity contribution in [1.29, 1.82) is 0 Å². The zero-order valence-electron chi connectivity index (χ0n) is 15.2. The number of rotatable bonds is 6. The normalized spacial score (nSPS) is 14.6. The van der Waals surface area contributed by atoms with Crippen LogP contribution in [0.1, 0.15) is 16.7 Å². The number of carbonyl (C=O) groups excluding carboxylic acids is 1. The number of carbonyl (C=O) groups is 1. The number of hydrogen-bond acceptors (Lipinski definition) is 4. The predicted molar refractivity (Wildman–Crippen MR) is 109 cm³/mol. The number of esters is 1. The molecule has 3 aromatic rings. The highest BCUT2D eigenvalue weighted by Crippen LogP contribution is 2.21. The summed E-state index contributed by atoms with van der Waals surface area (Å²) in [6, 6.07) is 27.2. The molecule has 0 N–H and O–H groups in total. The van der Waals surface area contributed by atoms with Gasteiger partial charge in [-0.25, -0.2) is 9.79 Å². The van der Waals surface area contributed by atoms with Crippen molar-refractivity contribution < 1.29 is 14.3 Å². The Kier molecular flexibility index (Phi) is 5.29. The Morgan fingerprint density at radius 2 is 1.64 bits per heavy atom. The third-order valence-corrected chi connectivity index (χ3v) is 4.31. The van der Waals surface area contributed by atoms with E-state index >= 15 is 0 Å². The van der Waals surface area contributed by atoms with E-state index in [0.29, 0.717) is 12.5 Å². The summed E-state index contributed by atoms with van der Waals surface area (Å²) in [4.78, 5) is 16.5. The van der Waals surface area contributed by atoms with Gasteiger partial charge in [0.1, 0.15) is 5.75 Å². The van der Waals surface area contributed by atoms with Crippen molar-refractivity contribution in [3.8, 4) is 5.75 Å². The van der Waals surface area contributed by atoms with Gasteiger partial charge in [-0.1, -0.05) is 60.7 Å². The smallest absolute Gasteiger partial charge is 0.363 e. The highest BCUT2D eigenvalue weighted by atomic mass is 16.6. The van der Waals surface area contributed by atoms with Crippen LogP contribution in [0.25, 0.3) is 6.08 Å². The van der Waals surface area contributed by atoms with Gasteiger partial charge in [0.15, 0.2) is 5.70 Å². The molecule has 3 aromatic carbocycles. The zero-order valence-corrected chi connectivity index (χ0v) is 15.2. The fourth-order valence-corrected chi connectivity index (χ4v) is 2.90. The Bertz CT molecular complexity index is 1020. The molecule has 1 aliphatic heterocycles. The minimum Gasteiger partial charge on any atom is -0.493 e. The van der Waals surface area contributed by atoms with Crippen LogP contribution in [0.2, 0.25) is 0 Å². The molecule has 4 heteroatoms. The molecular formula is C24H19NO3. The van der Waals surface area contributed by atoms with Gasteiger partial charge in [0.05, 0.1) is 6.61 Å². The van der Waals surface area contributed by atoms with Crippen molar-refractivity contribution >= 4 is 17.9 Å². The maximum Gasteiger partial charge on any atom is 0.363 e. The zero-order chi connectivity index (χ0) is 19.2.